The summed E-state index contributed by atoms with van der Waals surface area (Å²) in [6.07, 6.45) is 9.05. The molecule has 0 spiro atoms. The van der Waals surface area contributed by atoms with Gasteiger partial charge in [-0.15, -0.1) is 0 Å². The predicted molar refractivity (Wildman–Crippen MR) is 89.3 cm³/mol. The minimum Gasteiger partial charge on any atom is -0.260 e. The fourth-order valence-corrected chi connectivity index (χ4v) is 3.12. The summed E-state index contributed by atoms with van der Waals surface area (Å²) >= 11 is 0. The second-order valence-corrected chi connectivity index (χ2v) is 6.77. The highest BCUT2D eigenvalue weighted by molar-refractivity contribution is 5.69. The summed E-state index contributed by atoms with van der Waals surface area (Å²) in [5, 5.41) is 0. The summed E-state index contributed by atoms with van der Waals surface area (Å²) < 4.78 is 0. The minimum atomic E-state index is 0.534. The molecule has 0 amide bonds. The van der Waals surface area contributed by atoms with Gasteiger partial charge in [-0.25, -0.2) is 0 Å². The molecule has 2 rings (SSSR count). The van der Waals surface area contributed by atoms with Crippen LogP contribution in [0.15, 0.2) is 23.2 Å². The number of rotatable bonds is 4. The zero-order chi connectivity index (χ0) is 14.5. The largest absolute Gasteiger partial charge is 0.260 e. The molecule has 0 N–H and O–H groups in total. The standard InChI is InChI=1S/C19H29N/c1-14(2)17-11-8-12-18(15(3)4)19(17)20-13-16-9-6-5-7-10-16/h8,11-16H,5-7,9-10H2,1-4H3/b20-13+. The van der Waals surface area contributed by atoms with Gasteiger partial charge in [-0.2, -0.15) is 0 Å². The zero-order valence-electron chi connectivity index (χ0n) is 13.5. The molecule has 0 saturated heterocycles. The maximum Gasteiger partial charge on any atom is 0.0694 e. The van der Waals surface area contributed by atoms with Crippen molar-refractivity contribution >= 4 is 11.9 Å². The molecular weight excluding hydrogens is 242 g/mol. The number of hydrogen-bond donors (Lipinski definition) is 0. The van der Waals surface area contributed by atoms with E-state index in [0.29, 0.717) is 17.8 Å². The lowest BCUT2D eigenvalue weighted by Gasteiger charge is -2.19. The van der Waals surface area contributed by atoms with Gasteiger partial charge in [0.1, 0.15) is 0 Å². The van der Waals surface area contributed by atoms with Crippen molar-refractivity contribution in [2.75, 3.05) is 0 Å². The maximum absolute atomic E-state index is 4.95. The second kappa shape index (κ2) is 7.06. The number of aliphatic imine (C=N–C) groups is 1. The average molecular weight is 271 g/mol. The van der Waals surface area contributed by atoms with Crippen molar-refractivity contribution in [3.63, 3.8) is 0 Å². The Bertz CT molecular complexity index is 425. The van der Waals surface area contributed by atoms with Gasteiger partial charge in [-0.05, 0) is 41.7 Å². The van der Waals surface area contributed by atoms with Gasteiger partial charge in [0.15, 0.2) is 0 Å². The molecule has 1 aromatic carbocycles. The fourth-order valence-electron chi connectivity index (χ4n) is 3.12. The lowest BCUT2D eigenvalue weighted by Crippen LogP contribution is -2.07. The van der Waals surface area contributed by atoms with Gasteiger partial charge in [0.05, 0.1) is 5.69 Å². The van der Waals surface area contributed by atoms with E-state index in [-0.39, 0.29) is 0 Å². The Hall–Kier alpha value is -1.11. The molecule has 110 valence electrons. The molecule has 1 aromatic rings. The summed E-state index contributed by atoms with van der Waals surface area (Å²) in [5.74, 6) is 1.77. The molecule has 1 heteroatoms. The van der Waals surface area contributed by atoms with E-state index in [4.69, 9.17) is 4.99 Å². The molecule has 1 aliphatic rings. The van der Waals surface area contributed by atoms with Gasteiger partial charge in [0, 0.05) is 6.21 Å². The predicted octanol–water partition coefficient (Wildman–Crippen LogP) is 6.22. The number of benzene rings is 1. The first-order valence-electron chi connectivity index (χ1n) is 8.26. The first-order valence-corrected chi connectivity index (χ1v) is 8.26. The van der Waals surface area contributed by atoms with E-state index in [1.165, 1.54) is 48.9 Å². The van der Waals surface area contributed by atoms with Crippen molar-refractivity contribution in [3.05, 3.63) is 29.3 Å². The molecule has 0 aromatic heterocycles. The second-order valence-electron chi connectivity index (χ2n) is 6.77. The minimum absolute atomic E-state index is 0.534. The molecule has 0 bridgehead atoms. The Morgan fingerprint density at radius 1 is 0.950 bits per heavy atom. The third-order valence-electron chi connectivity index (χ3n) is 4.41. The lowest BCUT2D eigenvalue weighted by molar-refractivity contribution is 0.445. The van der Waals surface area contributed by atoms with Gasteiger partial charge in [0.2, 0.25) is 0 Å². The first-order chi connectivity index (χ1) is 9.59. The van der Waals surface area contributed by atoms with Crippen LogP contribution < -0.4 is 0 Å². The van der Waals surface area contributed by atoms with Crippen molar-refractivity contribution in [1.82, 2.24) is 0 Å². The van der Waals surface area contributed by atoms with Crippen molar-refractivity contribution in [3.8, 4) is 0 Å². The third kappa shape index (κ3) is 3.71. The summed E-state index contributed by atoms with van der Waals surface area (Å²) in [6, 6.07) is 6.67. The van der Waals surface area contributed by atoms with Crippen LogP contribution in [0.3, 0.4) is 0 Å². The summed E-state index contributed by atoms with van der Waals surface area (Å²) in [6.45, 7) is 9.05. The van der Waals surface area contributed by atoms with Crippen molar-refractivity contribution in [2.45, 2.75) is 71.6 Å². The van der Waals surface area contributed by atoms with Gasteiger partial charge >= 0.3 is 0 Å². The highest BCUT2D eigenvalue weighted by Crippen LogP contribution is 2.35. The number of nitrogens with zero attached hydrogens (tertiary/aromatic N) is 1. The highest BCUT2D eigenvalue weighted by atomic mass is 14.7. The van der Waals surface area contributed by atoms with E-state index in [1.807, 2.05) is 0 Å². The summed E-state index contributed by atoms with van der Waals surface area (Å²) in [7, 11) is 0. The summed E-state index contributed by atoms with van der Waals surface area (Å²) in [4.78, 5) is 4.95. The molecule has 0 radical (unpaired) electrons. The Kier molecular flexibility index (Phi) is 5.39. The molecule has 1 nitrogen and oxygen atoms in total. The molecule has 0 aliphatic heterocycles. The van der Waals surface area contributed by atoms with E-state index in [9.17, 15) is 0 Å². The van der Waals surface area contributed by atoms with E-state index < -0.39 is 0 Å². The quantitative estimate of drug-likeness (QED) is 0.577. The first kappa shape index (κ1) is 15.3. The maximum atomic E-state index is 4.95. The van der Waals surface area contributed by atoms with Gasteiger partial charge in [-0.3, -0.25) is 4.99 Å². The van der Waals surface area contributed by atoms with E-state index >= 15 is 0 Å². The van der Waals surface area contributed by atoms with Crippen LogP contribution in [0.2, 0.25) is 0 Å². The van der Waals surface area contributed by atoms with Crippen LogP contribution in [0.1, 0.15) is 82.8 Å². The van der Waals surface area contributed by atoms with Gasteiger partial charge < -0.3 is 0 Å². The monoisotopic (exact) mass is 271 g/mol. The average Bonchev–Trinajstić information content (AvgIpc) is 2.45. The third-order valence-corrected chi connectivity index (χ3v) is 4.41. The molecule has 1 aliphatic carbocycles. The van der Waals surface area contributed by atoms with E-state index in [1.54, 1.807) is 0 Å². The van der Waals surface area contributed by atoms with Crippen LogP contribution >= 0.6 is 0 Å². The Morgan fingerprint density at radius 3 is 2.00 bits per heavy atom. The Balaban J connectivity index is 2.29. The van der Waals surface area contributed by atoms with Crippen molar-refractivity contribution in [1.29, 1.82) is 0 Å². The number of para-hydroxylation sites is 1. The molecule has 1 saturated carbocycles. The van der Waals surface area contributed by atoms with Crippen molar-refractivity contribution in [2.24, 2.45) is 10.9 Å². The molecule has 20 heavy (non-hydrogen) atoms. The van der Waals surface area contributed by atoms with Crippen LogP contribution in [0.25, 0.3) is 0 Å². The lowest BCUT2D eigenvalue weighted by atomic mass is 9.90. The van der Waals surface area contributed by atoms with Crippen LogP contribution in [0.4, 0.5) is 5.69 Å². The molecule has 0 atom stereocenters. The van der Waals surface area contributed by atoms with Crippen LogP contribution in [-0.2, 0) is 0 Å². The smallest absolute Gasteiger partial charge is 0.0694 e. The Morgan fingerprint density at radius 2 is 1.50 bits per heavy atom. The molecule has 0 unspecified atom stereocenters. The Labute approximate surface area is 124 Å². The number of hydrogen-bond acceptors (Lipinski definition) is 1. The normalized spacial score (nSPS) is 17.5. The highest BCUT2D eigenvalue weighted by Gasteiger charge is 2.14. The molecule has 1 fully saturated rings. The SMILES string of the molecule is CC(C)c1cccc(C(C)C)c1/N=C/C1CCCCC1. The van der Waals surface area contributed by atoms with Crippen LogP contribution in [0.5, 0.6) is 0 Å². The van der Waals surface area contributed by atoms with Gasteiger partial charge in [0.25, 0.3) is 0 Å². The van der Waals surface area contributed by atoms with Crippen molar-refractivity contribution < 1.29 is 0 Å². The van der Waals surface area contributed by atoms with Crippen LogP contribution in [0, 0.1) is 5.92 Å². The molecule has 0 heterocycles. The molecular formula is C19H29N. The fraction of sp³-hybridized carbons (Fsp3) is 0.632. The van der Waals surface area contributed by atoms with Crippen LogP contribution in [-0.4, -0.2) is 6.21 Å². The van der Waals surface area contributed by atoms with E-state index in [2.05, 4.69) is 52.1 Å². The topological polar surface area (TPSA) is 12.4 Å². The summed E-state index contributed by atoms with van der Waals surface area (Å²) in [5.41, 5.74) is 4.02. The zero-order valence-corrected chi connectivity index (χ0v) is 13.5. The van der Waals surface area contributed by atoms with Gasteiger partial charge in [-0.1, -0.05) is 65.2 Å². The van der Waals surface area contributed by atoms with E-state index in [0.717, 1.165) is 0 Å².